The fraction of sp³-hybridized carbons (Fsp3) is 0.632. The van der Waals surface area contributed by atoms with Gasteiger partial charge in [-0.2, -0.15) is 4.98 Å². The van der Waals surface area contributed by atoms with Crippen molar-refractivity contribution in [2.45, 2.75) is 46.1 Å². The van der Waals surface area contributed by atoms with Crippen molar-refractivity contribution in [3.63, 3.8) is 0 Å². The molecule has 2 aromatic rings. The number of carbonyl (C=O) groups excluding carboxylic acids is 1. The molecule has 2 saturated carbocycles. The Hall–Kier alpha value is -2.11. The van der Waals surface area contributed by atoms with Gasteiger partial charge in [0.1, 0.15) is 11.6 Å². The molecule has 5 rings (SSSR count). The highest BCUT2D eigenvalue weighted by Gasteiger charge is 2.62. The molecule has 6 heteroatoms. The van der Waals surface area contributed by atoms with E-state index in [0.717, 1.165) is 42.9 Å². The number of hydrogen-bond donors (Lipinski definition) is 1. The van der Waals surface area contributed by atoms with E-state index in [0.29, 0.717) is 23.0 Å². The minimum Gasteiger partial charge on any atom is -0.443 e. The summed E-state index contributed by atoms with van der Waals surface area (Å²) in [5, 5.41) is 4.34. The average Bonchev–Trinajstić information content (AvgIpc) is 3.19. The lowest BCUT2D eigenvalue weighted by molar-refractivity contribution is 0.0746. The van der Waals surface area contributed by atoms with Crippen molar-refractivity contribution in [2.75, 3.05) is 18.4 Å². The number of aryl methyl sites for hydroxylation is 1. The van der Waals surface area contributed by atoms with E-state index in [4.69, 9.17) is 4.42 Å². The van der Waals surface area contributed by atoms with Crippen molar-refractivity contribution >= 4 is 22.8 Å². The van der Waals surface area contributed by atoms with Gasteiger partial charge in [0, 0.05) is 18.6 Å². The number of nitrogens with one attached hydrogen (secondary N) is 1. The van der Waals surface area contributed by atoms with Crippen LogP contribution in [0, 0.1) is 24.2 Å². The molecule has 1 saturated heterocycles. The number of nitrogens with zero attached hydrogens (tertiary/aromatic N) is 3. The van der Waals surface area contributed by atoms with Gasteiger partial charge in [0.15, 0.2) is 0 Å². The maximum absolute atomic E-state index is 12.9. The number of furan rings is 1. The summed E-state index contributed by atoms with van der Waals surface area (Å²) in [5.74, 6) is 2.90. The fourth-order valence-electron chi connectivity index (χ4n) is 4.27. The predicted molar refractivity (Wildman–Crippen MR) is 94.5 cm³/mol. The summed E-state index contributed by atoms with van der Waals surface area (Å²) in [6.07, 6.45) is 2.23. The lowest BCUT2D eigenvalue weighted by Crippen LogP contribution is -2.34. The monoisotopic (exact) mass is 340 g/mol. The molecule has 25 heavy (non-hydrogen) atoms. The largest absolute Gasteiger partial charge is 0.443 e. The lowest BCUT2D eigenvalue weighted by Gasteiger charge is -2.21. The molecule has 132 valence electrons. The quantitative estimate of drug-likeness (QED) is 0.929. The number of anilines is 1. The molecule has 0 radical (unpaired) electrons. The summed E-state index contributed by atoms with van der Waals surface area (Å²) in [6, 6.07) is 1.94. The number of piperidine rings is 1. The van der Waals surface area contributed by atoms with Gasteiger partial charge in [-0.25, -0.2) is 4.98 Å². The highest BCUT2D eigenvalue weighted by Crippen LogP contribution is 2.62. The minimum absolute atomic E-state index is 0.0755. The van der Waals surface area contributed by atoms with E-state index >= 15 is 0 Å². The standard InChI is InChI=1S/C19H24N4O2/c1-10-7-11-14(22-19(4)5-6-19)20-15(21-16(11)25-10)17(24)23-8-12-13(9-23)18(12,2)3/h7,12-13H,5-6,8-9H2,1-4H3,(H,20,21,22). The van der Waals surface area contributed by atoms with E-state index in [1.165, 1.54) is 0 Å². The first-order valence-corrected chi connectivity index (χ1v) is 9.12. The second kappa shape index (κ2) is 4.54. The molecule has 0 aromatic carbocycles. The Kier molecular flexibility index (Phi) is 2.75. The first-order chi connectivity index (χ1) is 11.8. The second-order valence-electron chi connectivity index (χ2n) is 8.90. The molecule has 0 spiro atoms. The lowest BCUT2D eigenvalue weighted by atomic mass is 10.1. The third-order valence-corrected chi connectivity index (χ3v) is 6.54. The SMILES string of the molecule is Cc1cc2c(NC3(C)CC3)nc(C(=O)N3CC4C(C3)C4(C)C)nc2o1. The molecule has 2 aromatic heterocycles. The minimum atomic E-state index is -0.0806. The molecule has 3 heterocycles. The maximum atomic E-state index is 12.9. The summed E-state index contributed by atoms with van der Waals surface area (Å²) in [5.41, 5.74) is 0.950. The van der Waals surface area contributed by atoms with Crippen molar-refractivity contribution < 1.29 is 9.21 Å². The van der Waals surface area contributed by atoms with Crippen molar-refractivity contribution in [1.29, 1.82) is 0 Å². The van der Waals surface area contributed by atoms with Crippen LogP contribution in [0.3, 0.4) is 0 Å². The van der Waals surface area contributed by atoms with Crippen LogP contribution in [0.15, 0.2) is 10.5 Å². The zero-order chi connectivity index (χ0) is 17.6. The number of carbonyl (C=O) groups is 1. The molecule has 1 amide bonds. The Morgan fingerprint density at radius 3 is 2.56 bits per heavy atom. The molecule has 3 aliphatic rings. The smallest absolute Gasteiger partial charge is 0.291 e. The zero-order valence-electron chi connectivity index (χ0n) is 15.2. The van der Waals surface area contributed by atoms with Gasteiger partial charge in [0.2, 0.25) is 11.5 Å². The van der Waals surface area contributed by atoms with E-state index < -0.39 is 0 Å². The third-order valence-electron chi connectivity index (χ3n) is 6.54. The van der Waals surface area contributed by atoms with Crippen LogP contribution in [0.4, 0.5) is 5.82 Å². The van der Waals surface area contributed by atoms with E-state index in [-0.39, 0.29) is 17.3 Å². The molecule has 0 bridgehead atoms. The third kappa shape index (κ3) is 2.26. The molecule has 3 fully saturated rings. The first kappa shape index (κ1) is 15.2. The van der Waals surface area contributed by atoms with Gasteiger partial charge in [0.05, 0.1) is 5.39 Å². The summed E-state index contributed by atoms with van der Waals surface area (Å²) in [6.45, 7) is 10.3. The Morgan fingerprint density at radius 1 is 1.24 bits per heavy atom. The summed E-state index contributed by atoms with van der Waals surface area (Å²) in [7, 11) is 0. The van der Waals surface area contributed by atoms with Gasteiger partial charge < -0.3 is 14.6 Å². The van der Waals surface area contributed by atoms with Crippen LogP contribution in [-0.4, -0.2) is 39.4 Å². The van der Waals surface area contributed by atoms with Gasteiger partial charge >= 0.3 is 0 Å². The molecule has 1 aliphatic heterocycles. The topological polar surface area (TPSA) is 71.3 Å². The van der Waals surface area contributed by atoms with Crippen LogP contribution < -0.4 is 5.32 Å². The van der Waals surface area contributed by atoms with Crippen LogP contribution in [0.25, 0.3) is 11.1 Å². The number of fused-ring (bicyclic) bond motifs is 2. The normalized spacial score (nSPS) is 28.1. The Bertz CT molecular complexity index is 882. The highest BCUT2D eigenvalue weighted by molar-refractivity contribution is 5.95. The summed E-state index contributed by atoms with van der Waals surface area (Å²) < 4.78 is 5.70. The van der Waals surface area contributed by atoms with E-state index in [9.17, 15) is 4.79 Å². The number of likely N-dealkylation sites (tertiary alicyclic amines) is 1. The molecular weight excluding hydrogens is 316 g/mol. The van der Waals surface area contributed by atoms with Gasteiger partial charge in [-0.3, -0.25) is 4.79 Å². The molecule has 2 atom stereocenters. The maximum Gasteiger partial charge on any atom is 0.291 e. The van der Waals surface area contributed by atoms with Gasteiger partial charge in [-0.15, -0.1) is 0 Å². The van der Waals surface area contributed by atoms with Crippen LogP contribution in [-0.2, 0) is 0 Å². The first-order valence-electron chi connectivity index (χ1n) is 9.12. The van der Waals surface area contributed by atoms with Gasteiger partial charge in [-0.1, -0.05) is 13.8 Å². The molecule has 1 N–H and O–H groups in total. The summed E-state index contributed by atoms with van der Waals surface area (Å²) >= 11 is 0. The Labute approximate surface area is 147 Å². The zero-order valence-corrected chi connectivity index (χ0v) is 15.2. The average molecular weight is 340 g/mol. The molecule has 2 unspecified atom stereocenters. The van der Waals surface area contributed by atoms with E-state index in [1.54, 1.807) is 0 Å². The van der Waals surface area contributed by atoms with Crippen LogP contribution >= 0.6 is 0 Å². The van der Waals surface area contributed by atoms with Gasteiger partial charge in [-0.05, 0) is 50.0 Å². The predicted octanol–water partition coefficient (Wildman–Crippen LogP) is 3.22. The number of rotatable bonds is 3. The Balaban J connectivity index is 1.48. The van der Waals surface area contributed by atoms with Crippen LogP contribution in [0.2, 0.25) is 0 Å². The fourth-order valence-corrected chi connectivity index (χ4v) is 4.27. The van der Waals surface area contributed by atoms with Crippen molar-refractivity contribution in [1.82, 2.24) is 14.9 Å². The van der Waals surface area contributed by atoms with Crippen LogP contribution in [0.5, 0.6) is 0 Å². The summed E-state index contributed by atoms with van der Waals surface area (Å²) in [4.78, 5) is 23.8. The number of amides is 1. The van der Waals surface area contributed by atoms with E-state index in [1.807, 2.05) is 17.9 Å². The number of hydrogen-bond acceptors (Lipinski definition) is 5. The van der Waals surface area contributed by atoms with Crippen molar-refractivity contribution in [3.05, 3.63) is 17.7 Å². The highest BCUT2D eigenvalue weighted by atomic mass is 16.3. The van der Waals surface area contributed by atoms with Gasteiger partial charge in [0.25, 0.3) is 5.91 Å². The second-order valence-corrected chi connectivity index (χ2v) is 8.90. The van der Waals surface area contributed by atoms with Crippen molar-refractivity contribution in [3.8, 4) is 0 Å². The molecular formula is C19H24N4O2. The molecule has 2 aliphatic carbocycles. The Morgan fingerprint density at radius 2 is 1.92 bits per heavy atom. The molecule has 6 nitrogen and oxygen atoms in total. The van der Waals surface area contributed by atoms with Crippen LogP contribution in [0.1, 0.15) is 50.0 Å². The van der Waals surface area contributed by atoms with Crippen molar-refractivity contribution in [2.24, 2.45) is 17.3 Å². The van der Waals surface area contributed by atoms with E-state index in [2.05, 4.69) is 36.1 Å². The number of aromatic nitrogens is 2.